The van der Waals surface area contributed by atoms with Gasteiger partial charge >= 0.3 is 0 Å². The summed E-state index contributed by atoms with van der Waals surface area (Å²) in [6, 6.07) is 2.66. The molecule has 0 spiro atoms. The number of ether oxygens (including phenoxy) is 1. The van der Waals surface area contributed by atoms with Crippen LogP contribution in [0.3, 0.4) is 0 Å². The van der Waals surface area contributed by atoms with Gasteiger partial charge in [0.15, 0.2) is 11.2 Å². The number of fused-ring (bicyclic) bond motifs is 1. The number of aromatic nitrogens is 4. The standard InChI is InChI=1S/C17H18F2N4O2/c1-3-4-7-25-17-21-15-14(16(24)22-17)20-9-23(15)8-11-12(18)6-5-10(2)13(11)19/h5-6,9H,3-4,7-8H2,1-2H3,(H,21,22,24). The van der Waals surface area contributed by atoms with E-state index in [4.69, 9.17) is 4.74 Å². The Kier molecular flexibility index (Phi) is 4.78. The Balaban J connectivity index is 2.00. The van der Waals surface area contributed by atoms with Crippen molar-refractivity contribution >= 4 is 11.2 Å². The zero-order valence-electron chi connectivity index (χ0n) is 14.0. The molecule has 0 atom stereocenters. The zero-order valence-corrected chi connectivity index (χ0v) is 14.0. The van der Waals surface area contributed by atoms with Crippen LogP contribution in [0.25, 0.3) is 11.2 Å². The molecule has 6 nitrogen and oxygen atoms in total. The van der Waals surface area contributed by atoms with Gasteiger partial charge in [-0.1, -0.05) is 19.4 Å². The first kappa shape index (κ1) is 17.1. The highest BCUT2D eigenvalue weighted by molar-refractivity contribution is 5.69. The number of nitrogens with zero attached hydrogens (tertiary/aromatic N) is 3. The van der Waals surface area contributed by atoms with Crippen LogP contribution in [0.15, 0.2) is 23.3 Å². The second-order valence-electron chi connectivity index (χ2n) is 5.77. The van der Waals surface area contributed by atoms with Crippen LogP contribution in [-0.4, -0.2) is 26.1 Å². The Bertz CT molecular complexity index is 965. The molecule has 0 aliphatic carbocycles. The average Bonchev–Trinajstić information content (AvgIpc) is 2.99. The molecule has 0 bridgehead atoms. The number of hydrogen-bond donors (Lipinski definition) is 1. The highest BCUT2D eigenvalue weighted by atomic mass is 19.1. The summed E-state index contributed by atoms with van der Waals surface area (Å²) in [7, 11) is 0. The highest BCUT2D eigenvalue weighted by Gasteiger charge is 2.16. The van der Waals surface area contributed by atoms with Crippen LogP contribution in [-0.2, 0) is 6.54 Å². The van der Waals surface area contributed by atoms with Crippen molar-refractivity contribution in [3.63, 3.8) is 0 Å². The van der Waals surface area contributed by atoms with Gasteiger partial charge in [-0.15, -0.1) is 0 Å². The summed E-state index contributed by atoms with van der Waals surface area (Å²) in [5.41, 5.74) is 0.0948. The lowest BCUT2D eigenvalue weighted by molar-refractivity contribution is 0.285. The number of imidazole rings is 1. The minimum Gasteiger partial charge on any atom is -0.465 e. The monoisotopic (exact) mass is 348 g/mol. The first-order chi connectivity index (χ1) is 12.0. The number of aromatic amines is 1. The Hall–Kier alpha value is -2.77. The van der Waals surface area contributed by atoms with E-state index in [1.165, 1.54) is 23.0 Å². The predicted octanol–water partition coefficient (Wildman–Crippen LogP) is 2.93. The molecule has 3 rings (SSSR count). The van der Waals surface area contributed by atoms with Crippen LogP contribution in [0.4, 0.5) is 8.78 Å². The van der Waals surface area contributed by atoms with Gasteiger partial charge in [0.05, 0.1) is 19.5 Å². The molecular weight excluding hydrogens is 330 g/mol. The molecule has 0 unspecified atom stereocenters. The molecule has 8 heteroatoms. The number of rotatable bonds is 6. The molecule has 2 heterocycles. The molecule has 3 aromatic rings. The van der Waals surface area contributed by atoms with Crippen molar-refractivity contribution in [1.82, 2.24) is 19.5 Å². The molecule has 0 aliphatic heterocycles. The molecule has 1 N–H and O–H groups in total. The quantitative estimate of drug-likeness (QED) is 0.695. The average molecular weight is 348 g/mol. The third-order valence-electron chi connectivity index (χ3n) is 3.90. The van der Waals surface area contributed by atoms with Crippen molar-refractivity contribution in [1.29, 1.82) is 0 Å². The van der Waals surface area contributed by atoms with E-state index >= 15 is 0 Å². The van der Waals surface area contributed by atoms with Crippen molar-refractivity contribution < 1.29 is 13.5 Å². The van der Waals surface area contributed by atoms with Crippen LogP contribution < -0.4 is 10.3 Å². The van der Waals surface area contributed by atoms with E-state index in [1.807, 2.05) is 6.92 Å². The van der Waals surface area contributed by atoms with E-state index in [-0.39, 0.29) is 29.3 Å². The summed E-state index contributed by atoms with van der Waals surface area (Å²) >= 11 is 0. The van der Waals surface area contributed by atoms with Crippen LogP contribution in [0.2, 0.25) is 0 Å². The molecule has 25 heavy (non-hydrogen) atoms. The van der Waals surface area contributed by atoms with Crippen LogP contribution in [0, 0.1) is 18.6 Å². The fraction of sp³-hybridized carbons (Fsp3) is 0.353. The van der Waals surface area contributed by atoms with Gasteiger partial charge in [0.1, 0.15) is 11.6 Å². The number of benzene rings is 1. The van der Waals surface area contributed by atoms with Gasteiger partial charge in [0.25, 0.3) is 11.6 Å². The van der Waals surface area contributed by atoms with Crippen molar-refractivity contribution in [2.24, 2.45) is 0 Å². The molecule has 0 aliphatic rings. The molecule has 0 saturated heterocycles. The Labute approximate surface area is 142 Å². The predicted molar refractivity (Wildman–Crippen MR) is 88.7 cm³/mol. The van der Waals surface area contributed by atoms with Gasteiger partial charge in [0.2, 0.25) is 0 Å². The summed E-state index contributed by atoms with van der Waals surface area (Å²) in [6.07, 6.45) is 3.10. The maximum Gasteiger partial charge on any atom is 0.298 e. The van der Waals surface area contributed by atoms with Crippen molar-refractivity contribution in [2.45, 2.75) is 33.2 Å². The van der Waals surface area contributed by atoms with Gasteiger partial charge in [-0.2, -0.15) is 4.98 Å². The lowest BCUT2D eigenvalue weighted by Crippen LogP contribution is -2.13. The normalized spacial score (nSPS) is 11.2. The van der Waals surface area contributed by atoms with Crippen LogP contribution >= 0.6 is 0 Å². The van der Waals surface area contributed by atoms with Crippen molar-refractivity contribution in [3.05, 3.63) is 51.6 Å². The lowest BCUT2D eigenvalue weighted by Gasteiger charge is -2.09. The first-order valence-electron chi connectivity index (χ1n) is 8.02. The molecule has 1 aromatic carbocycles. The molecule has 0 fully saturated rings. The maximum atomic E-state index is 14.2. The largest absolute Gasteiger partial charge is 0.465 e. The minimum atomic E-state index is -0.658. The van der Waals surface area contributed by atoms with Gasteiger partial charge in [0, 0.05) is 5.56 Å². The van der Waals surface area contributed by atoms with Gasteiger partial charge in [-0.25, -0.2) is 13.8 Å². The molecule has 2 aromatic heterocycles. The SMILES string of the molecule is CCCCOc1nc2c(ncn2Cc2c(F)ccc(C)c2F)c(=O)[nH]1. The summed E-state index contributed by atoms with van der Waals surface area (Å²) in [5.74, 6) is -1.28. The molecule has 132 valence electrons. The number of aryl methyl sites for hydroxylation is 1. The van der Waals surface area contributed by atoms with Crippen molar-refractivity contribution in [2.75, 3.05) is 6.61 Å². The smallest absolute Gasteiger partial charge is 0.298 e. The van der Waals surface area contributed by atoms with E-state index in [0.717, 1.165) is 12.8 Å². The number of hydrogen-bond acceptors (Lipinski definition) is 4. The number of halogens is 2. The van der Waals surface area contributed by atoms with E-state index in [1.54, 1.807) is 6.92 Å². The minimum absolute atomic E-state index is 0.0675. The second-order valence-corrected chi connectivity index (χ2v) is 5.77. The zero-order chi connectivity index (χ0) is 18.0. The number of H-pyrrole nitrogens is 1. The summed E-state index contributed by atoms with van der Waals surface area (Å²) in [4.78, 5) is 22.8. The molecule has 0 amide bonds. The van der Waals surface area contributed by atoms with Gasteiger partial charge in [-0.05, 0) is 25.0 Å². The van der Waals surface area contributed by atoms with Gasteiger partial charge < -0.3 is 9.30 Å². The van der Waals surface area contributed by atoms with E-state index < -0.39 is 17.2 Å². The van der Waals surface area contributed by atoms with Crippen LogP contribution in [0.5, 0.6) is 6.01 Å². The highest BCUT2D eigenvalue weighted by Crippen LogP contribution is 2.19. The summed E-state index contributed by atoms with van der Waals surface area (Å²) in [5, 5.41) is 0. The Morgan fingerprint density at radius 1 is 1.32 bits per heavy atom. The third-order valence-corrected chi connectivity index (χ3v) is 3.90. The number of unbranched alkanes of at least 4 members (excludes halogenated alkanes) is 1. The fourth-order valence-corrected chi connectivity index (χ4v) is 2.46. The van der Waals surface area contributed by atoms with Gasteiger partial charge in [-0.3, -0.25) is 9.78 Å². The molecular formula is C17H18F2N4O2. The Morgan fingerprint density at radius 3 is 2.88 bits per heavy atom. The molecule has 0 saturated carbocycles. The fourth-order valence-electron chi connectivity index (χ4n) is 2.46. The van der Waals surface area contributed by atoms with E-state index in [0.29, 0.717) is 12.2 Å². The van der Waals surface area contributed by atoms with E-state index in [9.17, 15) is 13.6 Å². The summed E-state index contributed by atoms with van der Waals surface area (Å²) < 4.78 is 35.1. The van der Waals surface area contributed by atoms with E-state index in [2.05, 4.69) is 15.0 Å². The topological polar surface area (TPSA) is 72.8 Å². The Morgan fingerprint density at radius 2 is 2.12 bits per heavy atom. The first-order valence-corrected chi connectivity index (χ1v) is 8.02. The maximum absolute atomic E-state index is 14.2. The van der Waals surface area contributed by atoms with Crippen molar-refractivity contribution in [3.8, 4) is 6.01 Å². The summed E-state index contributed by atoms with van der Waals surface area (Å²) in [6.45, 7) is 3.87. The third kappa shape index (κ3) is 3.38. The van der Waals surface area contributed by atoms with Crippen LogP contribution in [0.1, 0.15) is 30.9 Å². The molecule has 0 radical (unpaired) electrons. The second kappa shape index (κ2) is 7.00. The lowest BCUT2D eigenvalue weighted by atomic mass is 10.1. The number of nitrogens with one attached hydrogen (secondary N) is 1.